The van der Waals surface area contributed by atoms with Crippen LogP contribution in [0.2, 0.25) is 0 Å². The van der Waals surface area contributed by atoms with Gasteiger partial charge in [0.25, 0.3) is 5.56 Å². The van der Waals surface area contributed by atoms with Gasteiger partial charge in [0.1, 0.15) is 4.70 Å². The van der Waals surface area contributed by atoms with E-state index in [-0.39, 0.29) is 17.4 Å². The molecule has 1 atom stereocenters. The van der Waals surface area contributed by atoms with Gasteiger partial charge in [0.05, 0.1) is 11.4 Å². The predicted molar refractivity (Wildman–Crippen MR) is 119 cm³/mol. The Labute approximate surface area is 174 Å². The van der Waals surface area contributed by atoms with Gasteiger partial charge in [-0.2, -0.15) is 0 Å². The van der Waals surface area contributed by atoms with Crippen LogP contribution in [0.4, 0.5) is 5.95 Å². The first kappa shape index (κ1) is 19.6. The Bertz CT molecular complexity index is 1070. The van der Waals surface area contributed by atoms with E-state index < -0.39 is 0 Å². The van der Waals surface area contributed by atoms with Gasteiger partial charge in [-0.15, -0.1) is 11.3 Å². The number of H-pyrrole nitrogens is 1. The standard InChI is InChI=1S/C22H26N4O2S/c1-3-10-23-20(27)16-5-4-11-26(12-16)22-24-18-17(13-29-19(18)21(28)25-22)15-8-6-14(2)7-9-15/h6-9,13,16H,3-5,10-12H2,1-2H3,(H,23,27)(H,24,25,28). The Morgan fingerprint density at radius 1 is 1.34 bits per heavy atom. The number of carbonyl (C=O) groups is 1. The summed E-state index contributed by atoms with van der Waals surface area (Å²) in [4.78, 5) is 34.9. The molecule has 1 fully saturated rings. The van der Waals surface area contributed by atoms with E-state index >= 15 is 0 Å². The summed E-state index contributed by atoms with van der Waals surface area (Å²) >= 11 is 1.42. The summed E-state index contributed by atoms with van der Waals surface area (Å²) in [5, 5.41) is 4.99. The molecule has 1 unspecified atom stereocenters. The molecule has 0 radical (unpaired) electrons. The summed E-state index contributed by atoms with van der Waals surface area (Å²) in [5.41, 5.74) is 3.84. The molecule has 0 aliphatic carbocycles. The van der Waals surface area contributed by atoms with Crippen molar-refractivity contribution in [2.75, 3.05) is 24.5 Å². The Morgan fingerprint density at radius 2 is 2.14 bits per heavy atom. The summed E-state index contributed by atoms with van der Waals surface area (Å²) in [6.07, 6.45) is 2.69. The molecule has 0 saturated carbocycles. The number of hydrogen-bond acceptors (Lipinski definition) is 5. The molecule has 4 rings (SSSR count). The smallest absolute Gasteiger partial charge is 0.270 e. The Balaban J connectivity index is 1.66. The fraction of sp³-hybridized carbons (Fsp3) is 0.409. The Hall–Kier alpha value is -2.67. The number of aromatic nitrogens is 2. The van der Waals surface area contributed by atoms with E-state index in [1.54, 1.807) is 0 Å². The van der Waals surface area contributed by atoms with E-state index in [4.69, 9.17) is 4.98 Å². The van der Waals surface area contributed by atoms with Crippen LogP contribution in [0.3, 0.4) is 0 Å². The van der Waals surface area contributed by atoms with Crippen molar-refractivity contribution < 1.29 is 4.79 Å². The molecule has 0 spiro atoms. The lowest BCUT2D eigenvalue weighted by molar-refractivity contribution is -0.125. The van der Waals surface area contributed by atoms with Gasteiger partial charge >= 0.3 is 0 Å². The normalized spacial score (nSPS) is 16.9. The Morgan fingerprint density at radius 3 is 2.90 bits per heavy atom. The van der Waals surface area contributed by atoms with Crippen LogP contribution in [0.5, 0.6) is 0 Å². The van der Waals surface area contributed by atoms with Gasteiger partial charge < -0.3 is 10.2 Å². The van der Waals surface area contributed by atoms with Gasteiger partial charge in [0.2, 0.25) is 11.9 Å². The maximum Gasteiger partial charge on any atom is 0.270 e. The first-order valence-electron chi connectivity index (χ1n) is 10.2. The van der Waals surface area contributed by atoms with E-state index in [9.17, 15) is 9.59 Å². The van der Waals surface area contributed by atoms with Gasteiger partial charge in [-0.3, -0.25) is 14.6 Å². The molecule has 2 N–H and O–H groups in total. The molecule has 3 heterocycles. The van der Waals surface area contributed by atoms with Gasteiger partial charge in [0, 0.05) is 30.6 Å². The number of benzene rings is 1. The number of hydrogen-bond donors (Lipinski definition) is 2. The molecular weight excluding hydrogens is 384 g/mol. The molecule has 0 bridgehead atoms. The molecule has 1 aromatic carbocycles. The minimum absolute atomic E-state index is 0.0738. The molecule has 3 aromatic rings. The molecule has 2 aromatic heterocycles. The molecule has 1 amide bonds. The third-order valence-electron chi connectivity index (χ3n) is 5.42. The van der Waals surface area contributed by atoms with Crippen molar-refractivity contribution in [3.05, 3.63) is 45.6 Å². The highest BCUT2D eigenvalue weighted by Gasteiger charge is 2.27. The average molecular weight is 411 g/mol. The number of fused-ring (bicyclic) bond motifs is 1. The lowest BCUT2D eigenvalue weighted by Gasteiger charge is -2.32. The zero-order valence-electron chi connectivity index (χ0n) is 16.8. The number of nitrogens with zero attached hydrogens (tertiary/aromatic N) is 2. The average Bonchev–Trinajstić information content (AvgIpc) is 3.17. The van der Waals surface area contributed by atoms with Gasteiger partial charge in [-0.1, -0.05) is 36.8 Å². The highest BCUT2D eigenvalue weighted by molar-refractivity contribution is 7.17. The van der Waals surface area contributed by atoms with Crippen LogP contribution in [0.1, 0.15) is 31.7 Å². The molecule has 152 valence electrons. The van der Waals surface area contributed by atoms with Crippen molar-refractivity contribution >= 4 is 33.4 Å². The molecule has 29 heavy (non-hydrogen) atoms. The third kappa shape index (κ3) is 4.05. The predicted octanol–water partition coefficient (Wildman–Crippen LogP) is 3.70. The molecule has 7 heteroatoms. The number of anilines is 1. The van der Waals surface area contributed by atoms with Crippen LogP contribution < -0.4 is 15.8 Å². The number of rotatable bonds is 5. The van der Waals surface area contributed by atoms with Crippen LogP contribution in [-0.4, -0.2) is 35.5 Å². The van der Waals surface area contributed by atoms with Crippen LogP contribution in [0.25, 0.3) is 21.3 Å². The summed E-state index contributed by atoms with van der Waals surface area (Å²) < 4.78 is 0.638. The second-order valence-corrected chi connectivity index (χ2v) is 8.54. The van der Waals surface area contributed by atoms with E-state index in [1.807, 2.05) is 17.2 Å². The summed E-state index contributed by atoms with van der Waals surface area (Å²) in [6, 6.07) is 8.26. The van der Waals surface area contributed by atoms with Crippen LogP contribution in [-0.2, 0) is 4.79 Å². The molecule has 1 aliphatic rings. The monoisotopic (exact) mass is 410 g/mol. The van der Waals surface area contributed by atoms with E-state index in [0.29, 0.717) is 23.7 Å². The highest BCUT2D eigenvalue weighted by atomic mass is 32.1. The highest BCUT2D eigenvalue weighted by Crippen LogP contribution is 2.32. The van der Waals surface area contributed by atoms with Crippen molar-refractivity contribution in [1.82, 2.24) is 15.3 Å². The minimum atomic E-state index is -0.120. The van der Waals surface area contributed by atoms with Crippen molar-refractivity contribution in [3.8, 4) is 11.1 Å². The van der Waals surface area contributed by atoms with Crippen LogP contribution >= 0.6 is 11.3 Å². The number of thiophene rings is 1. The summed E-state index contributed by atoms with van der Waals surface area (Å²) in [7, 11) is 0. The van der Waals surface area contributed by atoms with Gasteiger partial charge in [0.15, 0.2) is 0 Å². The van der Waals surface area contributed by atoms with Crippen LogP contribution in [0.15, 0.2) is 34.4 Å². The lowest BCUT2D eigenvalue weighted by Crippen LogP contribution is -2.44. The van der Waals surface area contributed by atoms with Crippen molar-refractivity contribution in [2.45, 2.75) is 33.1 Å². The number of piperidine rings is 1. The van der Waals surface area contributed by atoms with Crippen molar-refractivity contribution in [1.29, 1.82) is 0 Å². The van der Waals surface area contributed by atoms with Gasteiger partial charge in [-0.25, -0.2) is 4.98 Å². The first-order valence-corrected chi connectivity index (χ1v) is 11.1. The van der Waals surface area contributed by atoms with E-state index in [1.165, 1.54) is 16.9 Å². The number of aromatic amines is 1. The van der Waals surface area contributed by atoms with E-state index in [0.717, 1.165) is 42.5 Å². The largest absolute Gasteiger partial charge is 0.356 e. The van der Waals surface area contributed by atoms with Gasteiger partial charge in [-0.05, 0) is 31.7 Å². The summed E-state index contributed by atoms with van der Waals surface area (Å²) in [6.45, 7) is 6.17. The van der Waals surface area contributed by atoms with E-state index in [2.05, 4.69) is 41.5 Å². The SMILES string of the molecule is CCCNC(=O)C1CCCN(c2nc3c(-c4ccc(C)cc4)csc3c(=O)[nH]2)C1. The fourth-order valence-corrected chi connectivity index (χ4v) is 4.69. The molecular formula is C22H26N4O2S. The summed E-state index contributed by atoms with van der Waals surface area (Å²) in [5.74, 6) is 0.577. The molecule has 1 saturated heterocycles. The second-order valence-electron chi connectivity index (χ2n) is 7.66. The third-order valence-corrected chi connectivity index (χ3v) is 6.39. The quantitative estimate of drug-likeness (QED) is 0.672. The fourth-order valence-electron chi connectivity index (χ4n) is 3.78. The zero-order valence-corrected chi connectivity index (χ0v) is 17.6. The maximum absolute atomic E-state index is 12.7. The number of aryl methyl sites for hydroxylation is 1. The van der Waals surface area contributed by atoms with Crippen molar-refractivity contribution in [3.63, 3.8) is 0 Å². The van der Waals surface area contributed by atoms with Crippen LogP contribution in [0, 0.1) is 12.8 Å². The second kappa shape index (κ2) is 8.37. The maximum atomic E-state index is 12.7. The minimum Gasteiger partial charge on any atom is -0.356 e. The first-order chi connectivity index (χ1) is 14.1. The molecule has 1 aliphatic heterocycles. The Kier molecular flexibility index (Phi) is 5.67. The molecule has 6 nitrogen and oxygen atoms in total. The zero-order chi connectivity index (χ0) is 20.4. The number of carbonyl (C=O) groups excluding carboxylic acids is 1. The lowest BCUT2D eigenvalue weighted by atomic mass is 9.97. The van der Waals surface area contributed by atoms with Crippen molar-refractivity contribution in [2.24, 2.45) is 5.92 Å². The number of nitrogens with one attached hydrogen (secondary N) is 2. The topological polar surface area (TPSA) is 78.1 Å². The number of amides is 1.